The Labute approximate surface area is 71.0 Å². The largest absolute Gasteiger partial charge is 0.237 e. The van der Waals surface area contributed by atoms with E-state index in [1.807, 2.05) is 42.5 Å². The van der Waals surface area contributed by atoms with Gasteiger partial charge in [-0.1, -0.05) is 18.2 Å². The van der Waals surface area contributed by atoms with Crippen molar-refractivity contribution in [1.82, 2.24) is 0 Å². The van der Waals surface area contributed by atoms with Crippen LogP contribution in [0.2, 0.25) is 0 Å². The molecule has 0 saturated carbocycles. The Hall–Kier alpha value is -1.70. The summed E-state index contributed by atoms with van der Waals surface area (Å²) in [6.07, 6.45) is 5.50. The van der Waals surface area contributed by atoms with Crippen LogP contribution < -0.4 is 0 Å². The first-order valence-corrected chi connectivity index (χ1v) is 3.80. The number of rotatable bonds is 1. The maximum atomic E-state index is 4.29. The average molecular weight is 156 g/mol. The normalized spacial score (nSPS) is 17.5. The van der Waals surface area contributed by atoms with E-state index in [-0.39, 0.29) is 0 Å². The summed E-state index contributed by atoms with van der Waals surface area (Å²) in [7, 11) is 0. The van der Waals surface area contributed by atoms with Crippen LogP contribution in [0, 0.1) is 0 Å². The van der Waals surface area contributed by atoms with Gasteiger partial charge in [0.15, 0.2) is 5.84 Å². The Balaban J connectivity index is 2.29. The van der Waals surface area contributed by atoms with Crippen molar-refractivity contribution in [3.63, 3.8) is 0 Å². The molecule has 0 amide bonds. The van der Waals surface area contributed by atoms with Crippen LogP contribution in [0.15, 0.2) is 52.5 Å². The lowest BCUT2D eigenvalue weighted by atomic mass is 10.3. The van der Waals surface area contributed by atoms with Gasteiger partial charge in [0, 0.05) is 6.21 Å². The highest BCUT2D eigenvalue weighted by Gasteiger charge is 1.93. The molecular formula is C10H8N2. The van der Waals surface area contributed by atoms with E-state index in [0.717, 1.165) is 11.5 Å². The molecule has 0 aromatic heterocycles. The second-order valence-electron chi connectivity index (χ2n) is 2.44. The number of nitrogens with zero attached hydrogens (tertiary/aromatic N) is 2. The molecule has 12 heavy (non-hydrogen) atoms. The lowest BCUT2D eigenvalue weighted by Crippen LogP contribution is -1.80. The van der Waals surface area contributed by atoms with E-state index in [2.05, 4.69) is 9.98 Å². The van der Waals surface area contributed by atoms with Gasteiger partial charge in [-0.05, 0) is 24.3 Å². The summed E-state index contributed by atoms with van der Waals surface area (Å²) in [6.45, 7) is 0. The molecule has 1 aliphatic heterocycles. The maximum absolute atomic E-state index is 4.29. The molecule has 1 aromatic rings. The van der Waals surface area contributed by atoms with Crippen LogP contribution >= 0.6 is 0 Å². The Kier molecular flexibility index (Phi) is 1.82. The third-order valence-electron chi connectivity index (χ3n) is 1.54. The predicted octanol–water partition coefficient (Wildman–Crippen LogP) is 2.36. The summed E-state index contributed by atoms with van der Waals surface area (Å²) in [6, 6.07) is 9.80. The van der Waals surface area contributed by atoms with Crippen molar-refractivity contribution in [1.29, 1.82) is 0 Å². The molecule has 0 saturated heterocycles. The van der Waals surface area contributed by atoms with Gasteiger partial charge in [-0.2, -0.15) is 0 Å². The summed E-state index contributed by atoms with van der Waals surface area (Å²) in [5, 5.41) is 0. The third-order valence-corrected chi connectivity index (χ3v) is 1.54. The fourth-order valence-electron chi connectivity index (χ4n) is 0.992. The predicted molar refractivity (Wildman–Crippen MR) is 51.2 cm³/mol. The number of aliphatic imine (C=N–C) groups is 2. The molecule has 2 nitrogen and oxygen atoms in total. The molecule has 1 aliphatic rings. The molecule has 0 atom stereocenters. The zero-order valence-electron chi connectivity index (χ0n) is 6.51. The highest BCUT2D eigenvalue weighted by Crippen LogP contribution is 2.11. The van der Waals surface area contributed by atoms with Gasteiger partial charge in [0.1, 0.15) is 0 Å². The Morgan fingerprint density at radius 3 is 2.58 bits per heavy atom. The quantitative estimate of drug-likeness (QED) is 0.596. The third kappa shape index (κ3) is 1.48. The Bertz CT molecular complexity index is 333. The van der Waals surface area contributed by atoms with Crippen LogP contribution in [-0.2, 0) is 0 Å². The molecular weight excluding hydrogens is 148 g/mol. The number of benzene rings is 1. The first kappa shape index (κ1) is 6.98. The van der Waals surface area contributed by atoms with Gasteiger partial charge in [0.25, 0.3) is 0 Å². The van der Waals surface area contributed by atoms with Gasteiger partial charge < -0.3 is 0 Å². The second-order valence-corrected chi connectivity index (χ2v) is 2.44. The van der Waals surface area contributed by atoms with E-state index in [1.165, 1.54) is 0 Å². The van der Waals surface area contributed by atoms with Crippen LogP contribution in [0.3, 0.4) is 0 Å². The molecule has 58 valence electrons. The minimum Gasteiger partial charge on any atom is -0.237 e. The fourth-order valence-corrected chi connectivity index (χ4v) is 0.992. The topological polar surface area (TPSA) is 24.7 Å². The summed E-state index contributed by atoms with van der Waals surface area (Å²) in [5.74, 6) is 0.765. The van der Waals surface area contributed by atoms with Crippen molar-refractivity contribution in [2.75, 3.05) is 0 Å². The van der Waals surface area contributed by atoms with E-state index in [4.69, 9.17) is 0 Å². The highest BCUT2D eigenvalue weighted by molar-refractivity contribution is 6.07. The number of para-hydroxylation sites is 1. The van der Waals surface area contributed by atoms with Gasteiger partial charge in [-0.25, -0.2) is 9.98 Å². The molecule has 2 heteroatoms. The van der Waals surface area contributed by atoms with Crippen LogP contribution in [0.5, 0.6) is 0 Å². The Morgan fingerprint density at radius 1 is 1.08 bits per heavy atom. The van der Waals surface area contributed by atoms with E-state index in [9.17, 15) is 0 Å². The number of hydrogen-bond donors (Lipinski definition) is 0. The van der Waals surface area contributed by atoms with Gasteiger partial charge >= 0.3 is 0 Å². The number of allylic oxidation sites excluding steroid dienone is 1. The zero-order valence-corrected chi connectivity index (χ0v) is 6.51. The van der Waals surface area contributed by atoms with Gasteiger partial charge in [-0.3, -0.25) is 0 Å². The molecule has 2 rings (SSSR count). The standard InChI is InChI=1S/C10H8N2/c1-2-5-9(6-3-1)12-10-7-4-8-11-10/h1-8H. The van der Waals surface area contributed by atoms with E-state index in [1.54, 1.807) is 6.21 Å². The smallest absolute Gasteiger partial charge is 0.152 e. The van der Waals surface area contributed by atoms with Crippen LogP contribution in [0.25, 0.3) is 0 Å². The lowest BCUT2D eigenvalue weighted by Gasteiger charge is -1.91. The van der Waals surface area contributed by atoms with Crippen molar-refractivity contribution in [3.8, 4) is 0 Å². The van der Waals surface area contributed by atoms with Crippen LogP contribution in [0.1, 0.15) is 0 Å². The first-order chi connectivity index (χ1) is 5.95. The molecule has 0 fully saturated rings. The zero-order chi connectivity index (χ0) is 8.23. The molecule has 0 N–H and O–H groups in total. The van der Waals surface area contributed by atoms with Crippen molar-refractivity contribution >= 4 is 17.7 Å². The van der Waals surface area contributed by atoms with E-state index in [0.29, 0.717) is 0 Å². The molecule has 0 aliphatic carbocycles. The van der Waals surface area contributed by atoms with Crippen molar-refractivity contribution in [2.45, 2.75) is 0 Å². The minimum atomic E-state index is 0.765. The first-order valence-electron chi connectivity index (χ1n) is 3.80. The van der Waals surface area contributed by atoms with Crippen LogP contribution in [-0.4, -0.2) is 12.1 Å². The van der Waals surface area contributed by atoms with E-state index < -0.39 is 0 Å². The molecule has 0 radical (unpaired) electrons. The summed E-state index contributed by atoms with van der Waals surface area (Å²) in [5.41, 5.74) is 0.941. The van der Waals surface area contributed by atoms with Crippen LogP contribution in [0.4, 0.5) is 5.69 Å². The SMILES string of the molecule is C1=CC(=Nc2ccccc2)N=C1. The summed E-state index contributed by atoms with van der Waals surface area (Å²) >= 11 is 0. The molecule has 0 unspecified atom stereocenters. The van der Waals surface area contributed by atoms with Crippen molar-refractivity contribution in [3.05, 3.63) is 42.5 Å². The van der Waals surface area contributed by atoms with Crippen molar-refractivity contribution < 1.29 is 0 Å². The fraction of sp³-hybridized carbons (Fsp3) is 0. The number of amidine groups is 1. The second kappa shape index (κ2) is 3.13. The lowest BCUT2D eigenvalue weighted by molar-refractivity contribution is 1.49. The molecule has 1 heterocycles. The average Bonchev–Trinajstić information content (AvgIpc) is 2.59. The summed E-state index contributed by atoms with van der Waals surface area (Å²) in [4.78, 5) is 8.33. The van der Waals surface area contributed by atoms with Gasteiger partial charge in [-0.15, -0.1) is 0 Å². The minimum absolute atomic E-state index is 0.765. The monoisotopic (exact) mass is 156 g/mol. The van der Waals surface area contributed by atoms with Crippen molar-refractivity contribution in [2.24, 2.45) is 9.98 Å². The summed E-state index contributed by atoms with van der Waals surface area (Å²) < 4.78 is 0. The van der Waals surface area contributed by atoms with E-state index >= 15 is 0 Å². The Morgan fingerprint density at radius 2 is 1.92 bits per heavy atom. The maximum Gasteiger partial charge on any atom is 0.152 e. The highest BCUT2D eigenvalue weighted by atomic mass is 14.9. The van der Waals surface area contributed by atoms with Gasteiger partial charge in [0.05, 0.1) is 5.69 Å². The molecule has 1 aromatic carbocycles. The molecule has 0 bridgehead atoms. The molecule has 0 spiro atoms. The van der Waals surface area contributed by atoms with Gasteiger partial charge in [0.2, 0.25) is 0 Å². The number of hydrogen-bond acceptors (Lipinski definition) is 1.